The maximum atomic E-state index is 12.8. The van der Waals surface area contributed by atoms with Gasteiger partial charge in [-0.2, -0.15) is 5.10 Å². The second-order valence-corrected chi connectivity index (χ2v) is 7.41. The SMILES string of the molecule is O=C1COc2ccc(CNC(=O)c3cc(C(=O)NCc4cncnc4)n4nccc4n3)cc2N1. The first kappa shape index (κ1) is 21.0. The molecule has 0 saturated heterocycles. The molecule has 170 valence electrons. The Morgan fingerprint density at radius 2 is 1.82 bits per heavy atom. The molecule has 3 aromatic heterocycles. The second-order valence-electron chi connectivity index (χ2n) is 7.41. The average molecular weight is 458 g/mol. The molecule has 34 heavy (non-hydrogen) atoms. The van der Waals surface area contributed by atoms with Gasteiger partial charge in [-0.3, -0.25) is 14.4 Å². The zero-order chi connectivity index (χ0) is 23.5. The van der Waals surface area contributed by atoms with Crippen LogP contribution in [0.25, 0.3) is 5.65 Å². The van der Waals surface area contributed by atoms with E-state index in [0.717, 1.165) is 11.1 Å². The van der Waals surface area contributed by atoms with Crippen LogP contribution in [0.5, 0.6) is 5.75 Å². The van der Waals surface area contributed by atoms with E-state index in [1.807, 2.05) is 0 Å². The fourth-order valence-electron chi connectivity index (χ4n) is 3.40. The molecule has 5 rings (SSSR count). The Labute approximate surface area is 192 Å². The fraction of sp³-hybridized carbons (Fsp3) is 0.136. The quantitative estimate of drug-likeness (QED) is 0.382. The van der Waals surface area contributed by atoms with E-state index in [2.05, 4.69) is 36.0 Å². The molecule has 0 unspecified atom stereocenters. The van der Waals surface area contributed by atoms with Gasteiger partial charge in [-0.15, -0.1) is 0 Å². The van der Waals surface area contributed by atoms with Crippen LogP contribution in [0, 0.1) is 0 Å². The monoisotopic (exact) mass is 458 g/mol. The summed E-state index contributed by atoms with van der Waals surface area (Å²) >= 11 is 0. The number of rotatable bonds is 6. The van der Waals surface area contributed by atoms with Crippen LogP contribution >= 0.6 is 0 Å². The molecule has 3 N–H and O–H groups in total. The lowest BCUT2D eigenvalue weighted by Crippen LogP contribution is -2.28. The van der Waals surface area contributed by atoms with Crippen molar-refractivity contribution in [2.45, 2.75) is 13.1 Å². The lowest BCUT2D eigenvalue weighted by atomic mass is 10.1. The molecule has 1 aliphatic rings. The van der Waals surface area contributed by atoms with Crippen molar-refractivity contribution in [3.8, 4) is 5.75 Å². The van der Waals surface area contributed by atoms with E-state index >= 15 is 0 Å². The Morgan fingerprint density at radius 1 is 1.03 bits per heavy atom. The van der Waals surface area contributed by atoms with Crippen molar-refractivity contribution in [1.82, 2.24) is 35.2 Å². The van der Waals surface area contributed by atoms with Crippen molar-refractivity contribution >= 4 is 29.1 Å². The molecule has 0 aliphatic carbocycles. The van der Waals surface area contributed by atoms with Gasteiger partial charge >= 0.3 is 0 Å². The molecule has 0 atom stereocenters. The van der Waals surface area contributed by atoms with Crippen LogP contribution in [0.2, 0.25) is 0 Å². The van der Waals surface area contributed by atoms with Crippen LogP contribution in [0.4, 0.5) is 5.69 Å². The Hall–Kier alpha value is -4.87. The van der Waals surface area contributed by atoms with E-state index in [9.17, 15) is 14.4 Å². The Morgan fingerprint density at radius 3 is 2.68 bits per heavy atom. The fourth-order valence-corrected chi connectivity index (χ4v) is 3.40. The summed E-state index contributed by atoms with van der Waals surface area (Å²) in [7, 11) is 0. The molecule has 0 radical (unpaired) electrons. The van der Waals surface area contributed by atoms with Crippen LogP contribution in [0.15, 0.2) is 55.2 Å². The highest BCUT2D eigenvalue weighted by atomic mass is 16.5. The summed E-state index contributed by atoms with van der Waals surface area (Å²) in [5, 5.41) is 12.4. The highest BCUT2D eigenvalue weighted by molar-refractivity contribution is 5.98. The van der Waals surface area contributed by atoms with Crippen molar-refractivity contribution in [3.05, 3.63) is 77.8 Å². The van der Waals surface area contributed by atoms with Gasteiger partial charge in [0, 0.05) is 43.2 Å². The summed E-state index contributed by atoms with van der Waals surface area (Å²) in [6.45, 7) is 0.370. The van der Waals surface area contributed by atoms with Crippen LogP contribution in [-0.4, -0.2) is 48.9 Å². The van der Waals surface area contributed by atoms with Crippen LogP contribution in [-0.2, 0) is 17.9 Å². The van der Waals surface area contributed by atoms with Crippen molar-refractivity contribution in [2.24, 2.45) is 0 Å². The molecule has 1 aliphatic heterocycles. The predicted molar refractivity (Wildman–Crippen MR) is 118 cm³/mol. The lowest BCUT2D eigenvalue weighted by Gasteiger charge is -2.18. The minimum atomic E-state index is -0.466. The van der Waals surface area contributed by atoms with E-state index in [-0.39, 0.29) is 37.0 Å². The molecule has 0 saturated carbocycles. The number of hydrogen-bond acceptors (Lipinski definition) is 8. The Bertz CT molecular complexity index is 1400. The van der Waals surface area contributed by atoms with E-state index in [1.165, 1.54) is 23.1 Å². The Balaban J connectivity index is 1.31. The largest absolute Gasteiger partial charge is 0.482 e. The normalized spacial score (nSPS) is 12.4. The van der Waals surface area contributed by atoms with E-state index in [1.54, 1.807) is 36.7 Å². The highest BCUT2D eigenvalue weighted by Gasteiger charge is 2.19. The smallest absolute Gasteiger partial charge is 0.270 e. The maximum Gasteiger partial charge on any atom is 0.270 e. The van der Waals surface area contributed by atoms with Gasteiger partial charge in [-0.05, 0) is 17.7 Å². The summed E-state index contributed by atoms with van der Waals surface area (Å²) in [6, 6.07) is 8.23. The zero-order valence-electron chi connectivity index (χ0n) is 17.7. The number of hydrogen-bond donors (Lipinski definition) is 3. The molecule has 0 fully saturated rings. The number of aromatic nitrogens is 5. The first-order chi connectivity index (χ1) is 16.6. The minimum Gasteiger partial charge on any atom is -0.482 e. The minimum absolute atomic E-state index is 0.0269. The number of fused-ring (bicyclic) bond motifs is 2. The number of nitrogens with one attached hydrogen (secondary N) is 3. The Kier molecular flexibility index (Phi) is 5.52. The molecule has 4 heterocycles. The van der Waals surface area contributed by atoms with Gasteiger partial charge in [-0.1, -0.05) is 6.07 Å². The van der Waals surface area contributed by atoms with Crippen LogP contribution in [0.1, 0.15) is 32.1 Å². The summed E-state index contributed by atoms with van der Waals surface area (Å²) in [5.41, 5.74) is 2.61. The van der Waals surface area contributed by atoms with Gasteiger partial charge in [-0.25, -0.2) is 19.5 Å². The van der Waals surface area contributed by atoms with Gasteiger partial charge in [0.2, 0.25) is 0 Å². The standard InChI is InChI=1S/C22H18N8O4/c31-20-11-34-18-2-1-13(5-15(18)29-20)9-25-21(32)16-6-17(30-19(28-16)3-4-27-30)22(33)26-10-14-7-23-12-24-8-14/h1-8,12H,9-11H2,(H,25,32)(H,26,33)(H,29,31). The summed E-state index contributed by atoms with van der Waals surface area (Å²) in [5.74, 6) is -0.565. The van der Waals surface area contributed by atoms with Gasteiger partial charge in [0.05, 0.1) is 11.9 Å². The van der Waals surface area contributed by atoms with Crippen molar-refractivity contribution in [2.75, 3.05) is 11.9 Å². The van der Waals surface area contributed by atoms with Crippen molar-refractivity contribution in [1.29, 1.82) is 0 Å². The van der Waals surface area contributed by atoms with Crippen LogP contribution in [0.3, 0.4) is 0 Å². The lowest BCUT2D eigenvalue weighted by molar-refractivity contribution is -0.118. The molecule has 12 heteroatoms. The number of carbonyl (C=O) groups excluding carboxylic acids is 3. The van der Waals surface area contributed by atoms with E-state index < -0.39 is 11.8 Å². The van der Waals surface area contributed by atoms with E-state index in [4.69, 9.17) is 4.74 Å². The molecular formula is C22H18N8O4. The molecule has 4 aromatic rings. The third-order valence-corrected chi connectivity index (χ3v) is 5.02. The summed E-state index contributed by atoms with van der Waals surface area (Å²) < 4.78 is 6.70. The zero-order valence-corrected chi connectivity index (χ0v) is 17.7. The van der Waals surface area contributed by atoms with Gasteiger partial charge in [0.15, 0.2) is 12.3 Å². The molecule has 3 amide bonds. The van der Waals surface area contributed by atoms with Gasteiger partial charge in [0.25, 0.3) is 17.7 Å². The third kappa shape index (κ3) is 4.37. The topological polar surface area (TPSA) is 152 Å². The van der Waals surface area contributed by atoms with E-state index in [0.29, 0.717) is 17.1 Å². The van der Waals surface area contributed by atoms with Crippen molar-refractivity contribution in [3.63, 3.8) is 0 Å². The summed E-state index contributed by atoms with van der Waals surface area (Å²) in [4.78, 5) is 49.3. The second kappa shape index (κ2) is 8.94. The molecular weight excluding hydrogens is 440 g/mol. The third-order valence-electron chi connectivity index (χ3n) is 5.02. The number of carbonyl (C=O) groups is 3. The van der Waals surface area contributed by atoms with Crippen molar-refractivity contribution < 1.29 is 19.1 Å². The molecule has 1 aromatic carbocycles. The average Bonchev–Trinajstić information content (AvgIpc) is 3.34. The van der Waals surface area contributed by atoms with Crippen LogP contribution < -0.4 is 20.7 Å². The highest BCUT2D eigenvalue weighted by Crippen LogP contribution is 2.28. The van der Waals surface area contributed by atoms with Gasteiger partial charge in [0.1, 0.15) is 23.5 Å². The number of amides is 3. The number of benzene rings is 1. The number of anilines is 1. The first-order valence-corrected chi connectivity index (χ1v) is 10.3. The molecule has 12 nitrogen and oxygen atoms in total. The first-order valence-electron chi connectivity index (χ1n) is 10.3. The number of ether oxygens (including phenoxy) is 1. The summed E-state index contributed by atoms with van der Waals surface area (Å²) in [6.07, 6.45) is 6.09. The number of nitrogens with zero attached hydrogens (tertiary/aromatic N) is 5. The maximum absolute atomic E-state index is 12.8. The molecule has 0 spiro atoms. The molecule has 0 bridgehead atoms. The van der Waals surface area contributed by atoms with Gasteiger partial charge < -0.3 is 20.7 Å². The predicted octanol–water partition coefficient (Wildman–Crippen LogP) is 0.710.